The van der Waals surface area contributed by atoms with Crippen molar-refractivity contribution in [1.82, 2.24) is 0 Å². The Morgan fingerprint density at radius 1 is 0.0853 bits per heavy atom. The Balaban J connectivity index is 0.0000000816. The molecule has 0 saturated carbocycles. The lowest BCUT2D eigenvalue weighted by Crippen LogP contribution is -1.74. The molecule has 0 unspecified atom stereocenters. The summed E-state index contributed by atoms with van der Waals surface area (Å²) in [5.74, 6) is 0. The minimum absolute atomic E-state index is 0.822. The molecule has 9 nitrogen and oxygen atoms in total. The van der Waals surface area contributed by atoms with Crippen molar-refractivity contribution in [1.29, 1.82) is 0 Å². The molecule has 0 spiro atoms. The quantitative estimate of drug-likeness (QED) is 0.146. The van der Waals surface area contributed by atoms with E-state index in [9.17, 15) is 0 Å². The number of hydrogen-bond donors (Lipinski definition) is 0. The van der Waals surface area contributed by atoms with Gasteiger partial charge in [0, 0.05) is 103 Å². The van der Waals surface area contributed by atoms with E-state index in [2.05, 4.69) is 358 Å². The zero-order valence-corrected chi connectivity index (χ0v) is 68.8. The molecule has 9 aromatic heterocycles. The SMILES string of the molecule is c1ccc2c(c1)oc1cc3cc4c(cc3cc12)oc1ccccc14.c1ccc2cc3c(cc2c1)oc1c3ccc2c3cc4ccccc4cc3oc21.c1ccc2cc3c(cc2c1)oc1cc2c(cc13)oc1cc3ccccc3cc12.c1ccc2cc3c(cc2c1)oc1cc2ccccc2cc13.c1ccc2cc3c(cc2c1)oc1cc2oc4cc5ccccc5cc4c2cc13. The highest BCUT2D eigenvalue weighted by Crippen LogP contribution is 2.46. The van der Waals surface area contributed by atoms with Gasteiger partial charge in [-0.1, -0.05) is 231 Å². The molecule has 600 valence electrons. The summed E-state index contributed by atoms with van der Waals surface area (Å²) in [6, 6.07) is 140. The van der Waals surface area contributed by atoms with Gasteiger partial charge >= 0.3 is 0 Å². The molecule has 23 aromatic carbocycles. The van der Waals surface area contributed by atoms with Crippen molar-refractivity contribution in [2.24, 2.45) is 0 Å². The Morgan fingerprint density at radius 2 is 0.240 bits per heavy atom. The summed E-state index contributed by atoms with van der Waals surface area (Å²) in [4.78, 5) is 0. The number of fused-ring (bicyclic) bond motifs is 37. The Labute approximate surface area is 729 Å². The molecule has 0 aliphatic carbocycles. The van der Waals surface area contributed by atoms with Gasteiger partial charge in [0.25, 0.3) is 0 Å². The minimum Gasteiger partial charge on any atom is -0.456 e. The first-order chi connectivity index (χ1) is 63.8. The molecule has 0 saturated heterocycles. The highest BCUT2D eigenvalue weighted by atomic mass is 16.4. The highest BCUT2D eigenvalue weighted by molar-refractivity contribution is 6.25. The van der Waals surface area contributed by atoms with Crippen LogP contribution in [0.2, 0.25) is 0 Å². The van der Waals surface area contributed by atoms with Gasteiger partial charge in [-0.25, -0.2) is 0 Å². The summed E-state index contributed by atoms with van der Waals surface area (Å²) in [5, 5.41) is 42.1. The fraction of sp³-hybridized carbons (Fsp3) is 0. The van der Waals surface area contributed by atoms with Gasteiger partial charge in [0.2, 0.25) is 0 Å². The van der Waals surface area contributed by atoms with Crippen molar-refractivity contribution in [3.8, 4) is 0 Å². The highest BCUT2D eigenvalue weighted by Gasteiger charge is 2.22. The summed E-state index contributed by atoms with van der Waals surface area (Å²) in [6.45, 7) is 0. The van der Waals surface area contributed by atoms with Crippen LogP contribution in [0.15, 0.2) is 440 Å². The van der Waals surface area contributed by atoms with Gasteiger partial charge < -0.3 is 39.8 Å². The molecule has 0 aliphatic heterocycles. The Kier molecular flexibility index (Phi) is 15.2. The molecule has 0 amide bonds. The first-order valence-corrected chi connectivity index (χ1v) is 43.5. The number of benzene rings is 23. The maximum absolute atomic E-state index is 6.31. The van der Waals surface area contributed by atoms with E-state index in [1.165, 1.54) is 108 Å². The van der Waals surface area contributed by atoms with Gasteiger partial charge in [-0.05, 0) is 261 Å². The molecule has 32 aromatic rings. The van der Waals surface area contributed by atoms with Crippen LogP contribution in [0, 0.1) is 0 Å². The number of furan rings is 9. The summed E-state index contributed by atoms with van der Waals surface area (Å²) < 4.78 is 55.5. The zero-order valence-electron chi connectivity index (χ0n) is 68.8. The molecular weight excluding hydrogens is 1590 g/mol. The van der Waals surface area contributed by atoms with Crippen molar-refractivity contribution in [2.75, 3.05) is 0 Å². The predicted molar refractivity (Wildman–Crippen MR) is 535 cm³/mol. The second kappa shape index (κ2) is 27.5. The van der Waals surface area contributed by atoms with Gasteiger partial charge in [0.1, 0.15) is 89.3 Å². The van der Waals surface area contributed by atoms with Gasteiger partial charge in [-0.15, -0.1) is 0 Å². The van der Waals surface area contributed by atoms with E-state index >= 15 is 0 Å². The topological polar surface area (TPSA) is 118 Å². The number of rotatable bonds is 0. The standard InChI is InChI=1S/3C26H14O2.C22H12O2.C20H12O/c1-3-7-17-11-23-19(9-15(17)5-1)21-13-26-22(14-25(21)27-23)20-10-16-6-2-4-8-18(16)12-24(20)28-26;1-3-7-17-11-23-19(9-15(17)5-1)21-13-22-20-10-16-6-2-4-8-18(16)12-24(20)28-26(22)14-25(21)27-23;1-3-7-17-13-23-21(11-15(17)5-1)19-9-10-20-22-12-16-6-2-4-8-18(16)14-24(22)28-26(20)25(19)27-23;1-3-7-19-15(5-1)17-9-13-12-22-18(10-14(13)11-21(17)23-19)16-6-2-4-8-20(16)24-22;1-3-7-15-11-19-17(9-13(15)5-1)18-10-14-6-2-4-8-16(14)12-20(18)21-19/h3*1-14H;1-12H;1-12H. The Hall–Kier alpha value is -17.4. The largest absolute Gasteiger partial charge is 0.456 e. The summed E-state index contributed by atoms with van der Waals surface area (Å²) in [5.41, 5.74) is 16.2. The molecular formula is C120H66O9. The van der Waals surface area contributed by atoms with Gasteiger partial charge in [0.05, 0.1) is 0 Å². The Bertz CT molecular complexity index is 9740. The van der Waals surface area contributed by atoms with Gasteiger partial charge in [-0.2, -0.15) is 0 Å². The fourth-order valence-corrected chi connectivity index (χ4v) is 20.1. The van der Waals surface area contributed by atoms with Crippen molar-refractivity contribution >= 4 is 294 Å². The fourth-order valence-electron chi connectivity index (χ4n) is 20.1. The van der Waals surface area contributed by atoms with E-state index in [0.717, 1.165) is 187 Å². The van der Waals surface area contributed by atoms with Crippen LogP contribution in [0.25, 0.3) is 294 Å². The van der Waals surface area contributed by atoms with Crippen molar-refractivity contribution in [3.05, 3.63) is 400 Å². The molecule has 0 bridgehead atoms. The van der Waals surface area contributed by atoms with Crippen LogP contribution in [0.4, 0.5) is 0 Å². The molecule has 0 radical (unpaired) electrons. The van der Waals surface area contributed by atoms with Crippen molar-refractivity contribution in [3.63, 3.8) is 0 Å². The average molecular weight is 1650 g/mol. The third kappa shape index (κ3) is 11.4. The summed E-state index contributed by atoms with van der Waals surface area (Å²) in [7, 11) is 0. The third-order valence-corrected chi connectivity index (χ3v) is 26.4. The van der Waals surface area contributed by atoms with Crippen LogP contribution < -0.4 is 0 Å². The lowest BCUT2D eigenvalue weighted by molar-refractivity contribution is 0.634. The van der Waals surface area contributed by atoms with E-state index in [-0.39, 0.29) is 0 Å². The first kappa shape index (κ1) is 71.1. The van der Waals surface area contributed by atoms with E-state index in [4.69, 9.17) is 39.8 Å². The van der Waals surface area contributed by atoms with Crippen LogP contribution in [-0.4, -0.2) is 0 Å². The Morgan fingerprint density at radius 3 is 0.496 bits per heavy atom. The second-order valence-corrected chi connectivity index (χ2v) is 34.0. The maximum atomic E-state index is 6.31. The number of hydrogen-bond acceptors (Lipinski definition) is 9. The molecule has 129 heavy (non-hydrogen) atoms. The second-order valence-electron chi connectivity index (χ2n) is 34.0. The van der Waals surface area contributed by atoms with Crippen LogP contribution in [0.5, 0.6) is 0 Å². The summed E-state index contributed by atoms with van der Waals surface area (Å²) in [6.07, 6.45) is 0. The number of para-hydroxylation sites is 2. The maximum Gasteiger partial charge on any atom is 0.178 e. The smallest absolute Gasteiger partial charge is 0.178 e. The average Bonchev–Trinajstić information content (AvgIpc) is 1.36. The molecule has 9 heteroatoms. The van der Waals surface area contributed by atoms with Gasteiger partial charge in [0.15, 0.2) is 11.2 Å². The molecule has 0 fully saturated rings. The molecule has 9 heterocycles. The predicted octanol–water partition coefficient (Wildman–Crippen LogP) is 35.9. The third-order valence-electron chi connectivity index (χ3n) is 26.4. The van der Waals surface area contributed by atoms with Crippen LogP contribution in [0.3, 0.4) is 0 Å². The summed E-state index contributed by atoms with van der Waals surface area (Å²) >= 11 is 0. The van der Waals surface area contributed by atoms with Crippen LogP contribution in [-0.2, 0) is 0 Å². The van der Waals surface area contributed by atoms with E-state index < -0.39 is 0 Å². The van der Waals surface area contributed by atoms with Crippen LogP contribution >= 0.6 is 0 Å². The molecule has 0 N–H and O–H groups in total. The van der Waals surface area contributed by atoms with Crippen molar-refractivity contribution < 1.29 is 39.8 Å². The van der Waals surface area contributed by atoms with E-state index in [1.54, 1.807) is 0 Å². The van der Waals surface area contributed by atoms with Gasteiger partial charge in [-0.3, -0.25) is 0 Å². The zero-order chi connectivity index (χ0) is 84.2. The molecule has 0 atom stereocenters. The monoisotopic (exact) mass is 1650 g/mol. The van der Waals surface area contributed by atoms with Crippen LogP contribution in [0.1, 0.15) is 0 Å². The first-order valence-electron chi connectivity index (χ1n) is 43.5. The molecule has 0 aliphatic rings. The van der Waals surface area contributed by atoms with E-state index in [1.807, 2.05) is 42.5 Å². The van der Waals surface area contributed by atoms with Crippen molar-refractivity contribution in [2.45, 2.75) is 0 Å². The minimum atomic E-state index is 0.822. The lowest BCUT2D eigenvalue weighted by Gasteiger charge is -1.99. The van der Waals surface area contributed by atoms with E-state index in [0.29, 0.717) is 0 Å². The molecule has 32 rings (SSSR count). The normalized spacial score (nSPS) is 12.2. The lowest BCUT2D eigenvalue weighted by atomic mass is 10.0.